The second kappa shape index (κ2) is 10.8. The zero-order valence-electron chi connectivity index (χ0n) is 12.6. The summed E-state index contributed by atoms with van der Waals surface area (Å²) in [5.41, 5.74) is 2.55. The molecule has 2 rings (SSSR count). The van der Waals surface area contributed by atoms with Gasteiger partial charge in [-0.15, -0.1) is 23.2 Å². The van der Waals surface area contributed by atoms with Gasteiger partial charge < -0.3 is 9.79 Å². The Balaban J connectivity index is 0.000000232. The Morgan fingerprint density at radius 2 is 1.13 bits per heavy atom. The van der Waals surface area contributed by atoms with E-state index in [1.807, 2.05) is 12.1 Å². The third-order valence-electron chi connectivity index (χ3n) is 2.93. The van der Waals surface area contributed by atoms with Crippen LogP contribution in [0.25, 0.3) is 11.1 Å². The van der Waals surface area contributed by atoms with Crippen LogP contribution in [0.3, 0.4) is 0 Å². The number of hydrogen-bond acceptors (Lipinski definition) is 1. The fraction of sp³-hybridized carbons (Fsp3) is 0.250. The van der Waals surface area contributed by atoms with Gasteiger partial charge in [0.15, 0.2) is 0 Å². The number of rotatable bonds is 6. The van der Waals surface area contributed by atoms with Crippen molar-refractivity contribution in [3.05, 3.63) is 60.7 Å². The minimum Gasteiger partial charge on any atom is -0.312 e. The lowest BCUT2D eigenvalue weighted by Gasteiger charge is -2.20. The van der Waals surface area contributed by atoms with Crippen molar-refractivity contribution < 1.29 is 14.4 Å². The minimum absolute atomic E-state index is 0.151. The van der Waals surface area contributed by atoms with E-state index >= 15 is 0 Å². The van der Waals surface area contributed by atoms with Crippen molar-refractivity contribution in [1.29, 1.82) is 0 Å². The monoisotopic (exact) mass is 375 g/mol. The fourth-order valence-electron chi connectivity index (χ4n) is 1.83. The molecule has 2 aromatic rings. The largest absolute Gasteiger partial charge is 0.403 e. The van der Waals surface area contributed by atoms with E-state index in [-0.39, 0.29) is 24.8 Å². The molecule has 0 atom stereocenters. The van der Waals surface area contributed by atoms with E-state index in [4.69, 9.17) is 33.0 Å². The lowest BCUT2D eigenvalue weighted by Crippen LogP contribution is -2.24. The molecule has 23 heavy (non-hydrogen) atoms. The molecule has 0 aliphatic heterocycles. The molecule has 0 heterocycles. The van der Waals surface area contributed by atoms with Gasteiger partial charge in [-0.2, -0.15) is 0 Å². The van der Waals surface area contributed by atoms with Crippen molar-refractivity contribution in [2.45, 2.75) is 0 Å². The van der Waals surface area contributed by atoms with Gasteiger partial charge in [-0.3, -0.25) is 0 Å². The van der Waals surface area contributed by atoms with Gasteiger partial charge in [0.2, 0.25) is 0 Å². The van der Waals surface area contributed by atoms with Crippen LogP contribution >= 0.6 is 30.9 Å². The van der Waals surface area contributed by atoms with Crippen molar-refractivity contribution in [1.82, 2.24) is 4.67 Å². The average molecular weight is 376 g/mol. The van der Waals surface area contributed by atoms with Crippen LogP contribution in [0.5, 0.6) is 0 Å². The van der Waals surface area contributed by atoms with Gasteiger partial charge in [-0.25, -0.2) is 9.24 Å². The molecule has 4 nitrogen and oxygen atoms in total. The summed E-state index contributed by atoms with van der Waals surface area (Å²) in [7, 11) is -4.14. The molecule has 0 saturated heterocycles. The average Bonchev–Trinajstić information content (AvgIpc) is 2.56. The molecule has 0 fully saturated rings. The smallest absolute Gasteiger partial charge is 0.312 e. The molecule has 126 valence electrons. The number of alkyl halides is 2. The summed E-state index contributed by atoms with van der Waals surface area (Å²) in [4.78, 5) is 17.3. The van der Waals surface area contributed by atoms with Crippen LogP contribution in [-0.4, -0.2) is 39.3 Å². The topological polar surface area (TPSA) is 60.8 Å². The van der Waals surface area contributed by atoms with Gasteiger partial charge in [0.1, 0.15) is 0 Å². The van der Waals surface area contributed by atoms with E-state index in [1.54, 1.807) is 0 Å². The first kappa shape index (κ1) is 20.2. The van der Waals surface area contributed by atoms with Crippen molar-refractivity contribution in [2.24, 2.45) is 0 Å². The number of nitrogens with zero attached hydrogens (tertiary/aromatic N) is 1. The zero-order chi connectivity index (χ0) is 17.1. The Kier molecular flexibility index (Phi) is 9.49. The van der Waals surface area contributed by atoms with Crippen LogP contribution in [0.4, 0.5) is 0 Å². The van der Waals surface area contributed by atoms with Crippen LogP contribution in [0, 0.1) is 0 Å². The third kappa shape index (κ3) is 7.98. The van der Waals surface area contributed by atoms with Crippen LogP contribution < -0.4 is 0 Å². The Morgan fingerprint density at radius 1 is 0.783 bits per heavy atom. The maximum atomic E-state index is 10.6. The predicted octanol–water partition coefficient (Wildman–Crippen LogP) is 4.21. The molecule has 0 aliphatic carbocycles. The highest BCUT2D eigenvalue weighted by molar-refractivity contribution is 7.49. The molecule has 0 amide bonds. The van der Waals surface area contributed by atoms with Crippen molar-refractivity contribution >= 4 is 30.9 Å². The summed E-state index contributed by atoms with van der Waals surface area (Å²) in [5.74, 6) is 0.365. The van der Waals surface area contributed by atoms with Crippen molar-refractivity contribution in [3.8, 4) is 11.1 Å². The summed E-state index contributed by atoms with van der Waals surface area (Å²) < 4.78 is 11.6. The minimum atomic E-state index is -4.14. The molecular weight excluding hydrogens is 356 g/mol. The first-order chi connectivity index (χ1) is 11.0. The van der Waals surface area contributed by atoms with E-state index in [2.05, 4.69) is 48.5 Å². The summed E-state index contributed by atoms with van der Waals surface area (Å²) in [6, 6.07) is 20.8. The summed E-state index contributed by atoms with van der Waals surface area (Å²) in [5, 5.41) is 0. The van der Waals surface area contributed by atoms with E-state index in [1.165, 1.54) is 11.1 Å². The van der Waals surface area contributed by atoms with Gasteiger partial charge in [-0.1, -0.05) is 60.7 Å². The molecule has 0 aliphatic rings. The Morgan fingerprint density at radius 3 is 1.39 bits per heavy atom. The lowest BCUT2D eigenvalue weighted by atomic mass is 10.1. The van der Waals surface area contributed by atoms with Crippen molar-refractivity contribution in [3.63, 3.8) is 0 Å². The van der Waals surface area contributed by atoms with E-state index in [9.17, 15) is 4.57 Å². The fourth-order valence-corrected chi connectivity index (χ4v) is 3.19. The van der Waals surface area contributed by atoms with Gasteiger partial charge in [-0.05, 0) is 11.1 Å². The van der Waals surface area contributed by atoms with Gasteiger partial charge in [0, 0.05) is 24.8 Å². The molecule has 2 N–H and O–H groups in total. The SMILES string of the molecule is O=P(O)(O)N(CCCl)CCCl.c1ccc(-c2ccccc2)cc1. The van der Waals surface area contributed by atoms with Crippen LogP contribution in [0.1, 0.15) is 0 Å². The van der Waals surface area contributed by atoms with E-state index < -0.39 is 7.75 Å². The van der Waals surface area contributed by atoms with E-state index in [0.717, 1.165) is 4.67 Å². The third-order valence-corrected chi connectivity index (χ3v) is 4.41. The highest BCUT2D eigenvalue weighted by atomic mass is 35.5. The van der Waals surface area contributed by atoms with Gasteiger partial charge in [0.05, 0.1) is 0 Å². The number of halogens is 2. The highest BCUT2D eigenvalue weighted by Gasteiger charge is 2.23. The van der Waals surface area contributed by atoms with Crippen LogP contribution in [0.15, 0.2) is 60.7 Å². The molecule has 0 spiro atoms. The molecular formula is C16H20Cl2NO3P. The molecule has 0 radical (unpaired) electrons. The molecule has 7 heteroatoms. The molecule has 0 bridgehead atoms. The molecule has 2 aromatic carbocycles. The van der Waals surface area contributed by atoms with Crippen molar-refractivity contribution in [2.75, 3.05) is 24.8 Å². The lowest BCUT2D eigenvalue weighted by molar-refractivity contribution is 0.282. The zero-order valence-corrected chi connectivity index (χ0v) is 15.0. The summed E-state index contributed by atoms with van der Waals surface area (Å²) in [6.45, 7) is 0.303. The second-order valence-corrected chi connectivity index (χ2v) is 6.93. The maximum Gasteiger partial charge on any atom is 0.403 e. The molecule has 0 unspecified atom stereocenters. The Hall–Kier alpha value is -0.870. The first-order valence-corrected chi connectivity index (χ1v) is 9.66. The second-order valence-electron chi connectivity index (χ2n) is 4.58. The van der Waals surface area contributed by atoms with Gasteiger partial charge >= 0.3 is 7.75 Å². The van der Waals surface area contributed by atoms with Crippen LogP contribution in [-0.2, 0) is 4.57 Å². The standard InChI is InChI=1S/C12H10.C4H10Cl2NO3P/c1-3-7-11(8-4-1)12-9-5-2-6-10-12;5-1-3-7(4-2-6)11(8,9)10/h1-10H;1-4H2,(H2,8,9,10). The summed E-state index contributed by atoms with van der Waals surface area (Å²) in [6.07, 6.45) is 0. The highest BCUT2D eigenvalue weighted by Crippen LogP contribution is 2.39. The first-order valence-electron chi connectivity index (χ1n) is 7.02. The van der Waals surface area contributed by atoms with Gasteiger partial charge in [0.25, 0.3) is 0 Å². The predicted molar refractivity (Wildman–Crippen MR) is 96.9 cm³/mol. The molecule has 0 aromatic heterocycles. The maximum absolute atomic E-state index is 10.6. The Labute approximate surface area is 146 Å². The number of benzene rings is 2. The Bertz CT molecular complexity index is 549. The summed E-state index contributed by atoms with van der Waals surface area (Å²) >= 11 is 10.6. The molecule has 0 saturated carbocycles. The van der Waals surface area contributed by atoms with E-state index in [0.29, 0.717) is 0 Å². The number of hydrogen-bond donors (Lipinski definition) is 2. The quantitative estimate of drug-likeness (QED) is 0.586. The van der Waals surface area contributed by atoms with Crippen LogP contribution in [0.2, 0.25) is 0 Å². The normalized spacial score (nSPS) is 11.0.